The molecule has 0 bridgehead atoms. The lowest BCUT2D eigenvalue weighted by Gasteiger charge is -1.94. The van der Waals surface area contributed by atoms with Crippen LogP contribution in [0, 0.1) is 0 Å². The Morgan fingerprint density at radius 2 is 2.55 bits per heavy atom. The number of halogens is 1. The summed E-state index contributed by atoms with van der Waals surface area (Å²) in [6.45, 7) is 6.87. The van der Waals surface area contributed by atoms with Crippen LogP contribution < -0.4 is 0 Å². The van der Waals surface area contributed by atoms with Crippen LogP contribution in [0.1, 0.15) is 12.5 Å². The number of aromatic nitrogens is 2. The quantitative estimate of drug-likeness (QED) is 0.707. The zero-order valence-corrected chi connectivity index (χ0v) is 8.13. The Kier molecular flexibility index (Phi) is 2.88. The molecular weight excluding hydrogens is 204 g/mol. The first kappa shape index (κ1) is 8.53. The molecule has 0 aliphatic rings. The Morgan fingerprint density at radius 3 is 3.00 bits per heavy atom. The fraction of sp³-hybridized carbons (Fsp3) is 0.375. The van der Waals surface area contributed by atoms with Crippen molar-refractivity contribution in [1.29, 1.82) is 0 Å². The Bertz CT molecular complexity index is 252. The van der Waals surface area contributed by atoms with Gasteiger partial charge in [-0.05, 0) is 12.5 Å². The third-order valence-electron chi connectivity index (χ3n) is 1.53. The third-order valence-corrected chi connectivity index (χ3v) is 2.20. The smallest absolute Gasteiger partial charge is 0.0565 e. The predicted octanol–water partition coefficient (Wildman–Crippen LogP) is 2.31. The van der Waals surface area contributed by atoms with E-state index in [1.54, 1.807) is 0 Å². The van der Waals surface area contributed by atoms with E-state index in [9.17, 15) is 0 Å². The number of allylic oxidation sites excluding steroid dienone is 1. The largest absolute Gasteiger partial charge is 0.272 e. The van der Waals surface area contributed by atoms with Crippen LogP contribution in [0.3, 0.4) is 0 Å². The van der Waals surface area contributed by atoms with Gasteiger partial charge in [-0.3, -0.25) is 4.68 Å². The molecule has 1 aromatic rings. The SMILES string of the molecule is C=C(CBr)c1cnn(CC)c1. The molecule has 0 radical (unpaired) electrons. The Hall–Kier alpha value is -0.570. The number of nitrogens with zero attached hydrogens (tertiary/aromatic N) is 2. The minimum Gasteiger partial charge on any atom is -0.272 e. The van der Waals surface area contributed by atoms with E-state index in [-0.39, 0.29) is 0 Å². The van der Waals surface area contributed by atoms with Crippen LogP contribution in [0.25, 0.3) is 5.57 Å². The molecule has 0 aromatic carbocycles. The van der Waals surface area contributed by atoms with Crippen molar-refractivity contribution in [2.75, 3.05) is 5.33 Å². The highest BCUT2D eigenvalue weighted by Gasteiger charge is 1.99. The second-order valence-corrected chi connectivity index (χ2v) is 2.88. The molecule has 0 atom stereocenters. The van der Waals surface area contributed by atoms with Gasteiger partial charge >= 0.3 is 0 Å². The van der Waals surface area contributed by atoms with Gasteiger partial charge in [-0.15, -0.1) is 0 Å². The van der Waals surface area contributed by atoms with Gasteiger partial charge in [0.15, 0.2) is 0 Å². The lowest BCUT2D eigenvalue weighted by atomic mass is 10.2. The van der Waals surface area contributed by atoms with E-state index in [0.717, 1.165) is 23.0 Å². The van der Waals surface area contributed by atoms with Gasteiger partial charge in [-0.1, -0.05) is 22.5 Å². The Balaban J connectivity index is 2.80. The van der Waals surface area contributed by atoms with Crippen molar-refractivity contribution >= 4 is 21.5 Å². The zero-order valence-electron chi connectivity index (χ0n) is 6.55. The number of rotatable bonds is 3. The highest BCUT2D eigenvalue weighted by atomic mass is 79.9. The maximum atomic E-state index is 4.14. The summed E-state index contributed by atoms with van der Waals surface area (Å²) >= 11 is 3.35. The molecule has 2 nitrogen and oxygen atoms in total. The van der Waals surface area contributed by atoms with E-state index in [4.69, 9.17) is 0 Å². The molecule has 0 spiro atoms. The van der Waals surface area contributed by atoms with Gasteiger partial charge in [-0.25, -0.2) is 0 Å². The van der Waals surface area contributed by atoms with E-state index < -0.39 is 0 Å². The first-order valence-electron chi connectivity index (χ1n) is 3.54. The standard InChI is InChI=1S/C8H11BrN2/c1-3-11-6-8(5-10-11)7(2)4-9/h5-6H,2-4H2,1H3. The molecule has 0 N–H and O–H groups in total. The Labute approximate surface area is 75.0 Å². The summed E-state index contributed by atoms with van der Waals surface area (Å²) in [5.41, 5.74) is 2.19. The number of aryl methyl sites for hydroxylation is 1. The van der Waals surface area contributed by atoms with Gasteiger partial charge in [0.05, 0.1) is 6.20 Å². The van der Waals surface area contributed by atoms with Gasteiger partial charge in [0, 0.05) is 23.6 Å². The van der Waals surface area contributed by atoms with Gasteiger partial charge in [0.1, 0.15) is 0 Å². The average molecular weight is 215 g/mol. The molecular formula is C8H11BrN2. The lowest BCUT2D eigenvalue weighted by molar-refractivity contribution is 0.659. The molecule has 1 heterocycles. The van der Waals surface area contributed by atoms with Crippen molar-refractivity contribution in [3.8, 4) is 0 Å². The number of alkyl halides is 1. The van der Waals surface area contributed by atoms with Crippen molar-refractivity contribution < 1.29 is 0 Å². The molecule has 3 heteroatoms. The van der Waals surface area contributed by atoms with E-state index in [1.807, 2.05) is 17.1 Å². The minimum atomic E-state index is 0.808. The summed E-state index contributed by atoms with van der Waals surface area (Å²) in [6, 6.07) is 0. The predicted molar refractivity (Wildman–Crippen MR) is 50.7 cm³/mol. The molecule has 0 saturated heterocycles. The van der Waals surface area contributed by atoms with Crippen molar-refractivity contribution in [2.45, 2.75) is 13.5 Å². The summed E-state index contributed by atoms with van der Waals surface area (Å²) in [7, 11) is 0. The molecule has 0 unspecified atom stereocenters. The second kappa shape index (κ2) is 3.72. The molecule has 0 aliphatic heterocycles. The van der Waals surface area contributed by atoms with Crippen molar-refractivity contribution in [2.24, 2.45) is 0 Å². The van der Waals surface area contributed by atoms with Crippen LogP contribution in [0.5, 0.6) is 0 Å². The lowest BCUT2D eigenvalue weighted by Crippen LogP contribution is -1.92. The third kappa shape index (κ3) is 1.93. The van der Waals surface area contributed by atoms with E-state index in [0.29, 0.717) is 0 Å². The number of hydrogen-bond acceptors (Lipinski definition) is 1. The molecule has 1 rings (SSSR count). The summed E-state index contributed by atoms with van der Waals surface area (Å²) in [5, 5.41) is 4.95. The van der Waals surface area contributed by atoms with Gasteiger partial charge in [0.25, 0.3) is 0 Å². The highest BCUT2D eigenvalue weighted by molar-refractivity contribution is 9.09. The maximum absolute atomic E-state index is 4.14. The summed E-state index contributed by atoms with van der Waals surface area (Å²) < 4.78 is 1.89. The summed E-state index contributed by atoms with van der Waals surface area (Å²) in [4.78, 5) is 0. The highest BCUT2D eigenvalue weighted by Crippen LogP contribution is 2.12. The normalized spacial score (nSPS) is 10.0. The molecule has 0 aliphatic carbocycles. The molecule has 11 heavy (non-hydrogen) atoms. The van der Waals surface area contributed by atoms with E-state index >= 15 is 0 Å². The molecule has 1 aromatic heterocycles. The van der Waals surface area contributed by atoms with Crippen LogP contribution in [-0.4, -0.2) is 15.1 Å². The monoisotopic (exact) mass is 214 g/mol. The topological polar surface area (TPSA) is 17.8 Å². The molecule has 0 saturated carbocycles. The maximum Gasteiger partial charge on any atom is 0.0565 e. The van der Waals surface area contributed by atoms with E-state index in [2.05, 4.69) is 34.5 Å². The average Bonchev–Trinajstić information content (AvgIpc) is 2.50. The first-order chi connectivity index (χ1) is 5.27. The van der Waals surface area contributed by atoms with Crippen LogP contribution in [0.2, 0.25) is 0 Å². The minimum absolute atomic E-state index is 0.808. The fourth-order valence-corrected chi connectivity index (χ4v) is 1.12. The Morgan fingerprint density at radius 1 is 1.82 bits per heavy atom. The van der Waals surface area contributed by atoms with Gasteiger partial charge < -0.3 is 0 Å². The van der Waals surface area contributed by atoms with E-state index in [1.165, 1.54) is 0 Å². The zero-order chi connectivity index (χ0) is 8.27. The molecule has 0 amide bonds. The second-order valence-electron chi connectivity index (χ2n) is 2.32. The van der Waals surface area contributed by atoms with Crippen molar-refractivity contribution in [3.05, 3.63) is 24.5 Å². The number of hydrogen-bond donors (Lipinski definition) is 0. The molecule has 0 fully saturated rings. The van der Waals surface area contributed by atoms with Gasteiger partial charge in [0.2, 0.25) is 0 Å². The van der Waals surface area contributed by atoms with Crippen LogP contribution in [0.4, 0.5) is 0 Å². The van der Waals surface area contributed by atoms with Crippen LogP contribution >= 0.6 is 15.9 Å². The summed E-state index contributed by atoms with van der Waals surface area (Å²) in [6.07, 6.45) is 3.84. The molecule has 60 valence electrons. The van der Waals surface area contributed by atoms with Crippen LogP contribution in [-0.2, 0) is 6.54 Å². The van der Waals surface area contributed by atoms with Crippen LogP contribution in [0.15, 0.2) is 19.0 Å². The van der Waals surface area contributed by atoms with Crippen molar-refractivity contribution in [1.82, 2.24) is 9.78 Å². The van der Waals surface area contributed by atoms with Crippen molar-refractivity contribution in [3.63, 3.8) is 0 Å². The van der Waals surface area contributed by atoms with Gasteiger partial charge in [-0.2, -0.15) is 5.10 Å². The summed E-state index contributed by atoms with van der Waals surface area (Å²) in [5.74, 6) is 0. The first-order valence-corrected chi connectivity index (χ1v) is 4.66. The fourth-order valence-electron chi connectivity index (χ4n) is 0.796.